The van der Waals surface area contributed by atoms with Gasteiger partial charge >= 0.3 is 0 Å². The normalized spacial score (nSPS) is 15.8. The van der Waals surface area contributed by atoms with Crippen molar-refractivity contribution in [1.29, 1.82) is 5.26 Å². The Kier molecular flexibility index (Phi) is 6.72. The summed E-state index contributed by atoms with van der Waals surface area (Å²) in [5.74, 6) is 1.89. The summed E-state index contributed by atoms with van der Waals surface area (Å²) in [6, 6.07) is 10.5. The lowest BCUT2D eigenvalue weighted by atomic mass is 10.1. The van der Waals surface area contributed by atoms with E-state index in [0.29, 0.717) is 17.7 Å². The zero-order valence-corrected chi connectivity index (χ0v) is 17.5. The number of nitriles is 1. The van der Waals surface area contributed by atoms with E-state index in [1.807, 2.05) is 18.2 Å². The van der Waals surface area contributed by atoms with Gasteiger partial charge < -0.3 is 20.3 Å². The Morgan fingerprint density at radius 1 is 1.23 bits per heavy atom. The lowest BCUT2D eigenvalue weighted by Gasteiger charge is -2.34. The van der Waals surface area contributed by atoms with Crippen LogP contribution in [0.15, 0.2) is 36.7 Å². The molecule has 9 nitrogen and oxygen atoms in total. The van der Waals surface area contributed by atoms with Gasteiger partial charge in [-0.2, -0.15) is 10.4 Å². The van der Waals surface area contributed by atoms with Gasteiger partial charge in [0.15, 0.2) is 11.5 Å². The van der Waals surface area contributed by atoms with E-state index in [2.05, 4.69) is 54.8 Å². The van der Waals surface area contributed by atoms with E-state index >= 15 is 0 Å². The Bertz CT molecular complexity index is 1030. The summed E-state index contributed by atoms with van der Waals surface area (Å²) < 4.78 is 5.65. The summed E-state index contributed by atoms with van der Waals surface area (Å²) in [5.41, 5.74) is 3.16. The maximum Gasteiger partial charge on any atom is 0.158 e. The molecule has 10 heteroatoms. The van der Waals surface area contributed by atoms with Gasteiger partial charge in [0.25, 0.3) is 0 Å². The summed E-state index contributed by atoms with van der Waals surface area (Å²) in [6.07, 6.45) is 2.91. The van der Waals surface area contributed by atoms with Crippen LogP contribution in [0.4, 0.5) is 17.3 Å². The summed E-state index contributed by atoms with van der Waals surface area (Å²) in [4.78, 5) is 10.5. The molecule has 1 aliphatic heterocycles. The van der Waals surface area contributed by atoms with Crippen LogP contribution in [0, 0.1) is 11.3 Å². The predicted octanol–water partition coefficient (Wildman–Crippen LogP) is 2.71. The van der Waals surface area contributed by atoms with Gasteiger partial charge in [-0.05, 0) is 19.1 Å². The number of aromatic amines is 1. The van der Waals surface area contributed by atoms with Crippen molar-refractivity contribution >= 4 is 29.7 Å². The minimum Gasteiger partial charge on any atom is -0.496 e. The van der Waals surface area contributed by atoms with Gasteiger partial charge in [-0.15, -0.1) is 12.4 Å². The highest BCUT2D eigenvalue weighted by molar-refractivity contribution is 5.85. The molecule has 2 aromatic heterocycles. The topological polar surface area (TPSA) is 115 Å². The second-order valence-corrected chi connectivity index (χ2v) is 6.88. The molecule has 0 radical (unpaired) electrons. The number of hydrogen-bond donors (Lipinski definition) is 3. The van der Waals surface area contributed by atoms with Crippen molar-refractivity contribution in [3.63, 3.8) is 0 Å². The number of aromatic nitrogens is 4. The number of piperazine rings is 1. The first kappa shape index (κ1) is 21.4. The van der Waals surface area contributed by atoms with E-state index in [0.717, 1.165) is 42.3 Å². The van der Waals surface area contributed by atoms with E-state index < -0.39 is 0 Å². The monoisotopic (exact) mass is 426 g/mol. The van der Waals surface area contributed by atoms with Crippen molar-refractivity contribution in [3.8, 4) is 23.1 Å². The first-order chi connectivity index (χ1) is 14.2. The van der Waals surface area contributed by atoms with Gasteiger partial charge in [-0.1, -0.05) is 0 Å². The number of nitrogens with zero attached hydrogens (tertiary/aromatic N) is 5. The highest BCUT2D eigenvalue weighted by atomic mass is 35.5. The average molecular weight is 427 g/mol. The highest BCUT2D eigenvalue weighted by Crippen LogP contribution is 2.34. The van der Waals surface area contributed by atoms with Crippen molar-refractivity contribution in [2.24, 2.45) is 0 Å². The van der Waals surface area contributed by atoms with Crippen LogP contribution in [0.1, 0.15) is 12.6 Å². The zero-order chi connectivity index (χ0) is 20.2. The molecule has 1 atom stereocenters. The van der Waals surface area contributed by atoms with Crippen molar-refractivity contribution in [1.82, 2.24) is 25.5 Å². The molecule has 0 unspecified atom stereocenters. The van der Waals surface area contributed by atoms with Gasteiger partial charge in [-0.3, -0.25) is 5.10 Å². The van der Waals surface area contributed by atoms with Gasteiger partial charge in [-0.25, -0.2) is 9.97 Å². The van der Waals surface area contributed by atoms with Gasteiger partial charge in [0.2, 0.25) is 0 Å². The lowest BCUT2D eigenvalue weighted by Crippen LogP contribution is -2.49. The molecule has 30 heavy (non-hydrogen) atoms. The number of anilines is 3. The Hall–Kier alpha value is -3.35. The molecule has 1 fully saturated rings. The third-order valence-corrected chi connectivity index (χ3v) is 4.81. The molecule has 3 heterocycles. The van der Waals surface area contributed by atoms with Crippen LogP contribution >= 0.6 is 12.4 Å². The molecular formula is C20H23ClN8O. The van der Waals surface area contributed by atoms with Gasteiger partial charge in [0.1, 0.15) is 17.6 Å². The molecular weight excluding hydrogens is 404 g/mol. The standard InChI is InChI=1S/C20H22N8O.ClH/c1-13-12-28(6-5-22-13)15-3-4-16(18(7-15)29-2)17-8-19(27-26-17)25-20-11-23-14(9-21)10-24-20;/h3-4,7-8,10-11,13,22H,5-6,12H2,1-2H3,(H2,24,25,26,27);1H/t13-;/m0./s1. The second kappa shape index (κ2) is 9.43. The molecule has 4 rings (SSSR count). The maximum absolute atomic E-state index is 8.80. The highest BCUT2D eigenvalue weighted by Gasteiger charge is 2.18. The first-order valence-corrected chi connectivity index (χ1v) is 9.37. The number of halogens is 1. The van der Waals surface area contributed by atoms with Crippen LogP contribution in [-0.2, 0) is 0 Å². The van der Waals surface area contributed by atoms with Crippen molar-refractivity contribution in [3.05, 3.63) is 42.4 Å². The SMILES string of the molecule is COc1cc(N2CCN[C@@H](C)C2)ccc1-c1cc(Nc2cnc(C#N)cn2)n[nH]1.Cl. The van der Waals surface area contributed by atoms with Crippen LogP contribution in [-0.4, -0.2) is 53.0 Å². The number of methoxy groups -OCH3 is 1. The molecule has 1 aromatic carbocycles. The fourth-order valence-corrected chi connectivity index (χ4v) is 3.37. The molecule has 3 N–H and O–H groups in total. The molecule has 0 amide bonds. The van der Waals surface area contributed by atoms with Gasteiger partial charge in [0, 0.05) is 49.1 Å². The maximum atomic E-state index is 8.80. The van der Waals surface area contributed by atoms with E-state index in [1.165, 1.54) is 12.4 Å². The predicted molar refractivity (Wildman–Crippen MR) is 118 cm³/mol. The first-order valence-electron chi connectivity index (χ1n) is 9.37. The molecule has 0 saturated carbocycles. The number of ether oxygens (including phenoxy) is 1. The van der Waals surface area contributed by atoms with Crippen LogP contribution < -0.4 is 20.3 Å². The van der Waals surface area contributed by atoms with Crippen molar-refractivity contribution in [2.45, 2.75) is 13.0 Å². The largest absolute Gasteiger partial charge is 0.496 e. The van der Waals surface area contributed by atoms with Crippen LogP contribution in [0.2, 0.25) is 0 Å². The fourth-order valence-electron chi connectivity index (χ4n) is 3.37. The number of rotatable bonds is 5. The Balaban J connectivity index is 0.00000256. The van der Waals surface area contributed by atoms with Crippen molar-refractivity contribution < 1.29 is 4.74 Å². The van der Waals surface area contributed by atoms with Crippen LogP contribution in [0.25, 0.3) is 11.3 Å². The molecule has 156 valence electrons. The Morgan fingerprint density at radius 2 is 2.10 bits per heavy atom. The number of H-pyrrole nitrogens is 1. The van der Waals surface area contributed by atoms with E-state index in [9.17, 15) is 0 Å². The third kappa shape index (κ3) is 4.62. The van der Waals surface area contributed by atoms with E-state index in [-0.39, 0.29) is 18.1 Å². The van der Waals surface area contributed by atoms with E-state index in [4.69, 9.17) is 10.00 Å². The van der Waals surface area contributed by atoms with E-state index in [1.54, 1.807) is 7.11 Å². The quantitative estimate of drug-likeness (QED) is 0.570. The summed E-state index contributed by atoms with van der Waals surface area (Å²) in [5, 5.41) is 22.6. The number of benzene rings is 1. The molecule has 0 bridgehead atoms. The average Bonchev–Trinajstić information content (AvgIpc) is 3.22. The Morgan fingerprint density at radius 3 is 2.80 bits per heavy atom. The fraction of sp³-hybridized carbons (Fsp3) is 0.300. The smallest absolute Gasteiger partial charge is 0.158 e. The molecule has 3 aromatic rings. The lowest BCUT2D eigenvalue weighted by molar-refractivity contribution is 0.415. The summed E-state index contributed by atoms with van der Waals surface area (Å²) in [6.45, 7) is 5.09. The molecule has 1 saturated heterocycles. The van der Waals surface area contributed by atoms with Crippen LogP contribution in [0.5, 0.6) is 5.75 Å². The van der Waals surface area contributed by atoms with Gasteiger partial charge in [0.05, 0.1) is 25.2 Å². The molecule has 0 aliphatic carbocycles. The molecule has 1 aliphatic rings. The minimum absolute atomic E-state index is 0. The minimum atomic E-state index is 0. The zero-order valence-electron chi connectivity index (χ0n) is 16.7. The third-order valence-electron chi connectivity index (χ3n) is 4.81. The summed E-state index contributed by atoms with van der Waals surface area (Å²) in [7, 11) is 1.67. The Labute approximate surface area is 180 Å². The van der Waals surface area contributed by atoms with Crippen LogP contribution in [0.3, 0.4) is 0 Å². The number of hydrogen-bond acceptors (Lipinski definition) is 8. The number of nitrogens with one attached hydrogen (secondary N) is 3. The summed E-state index contributed by atoms with van der Waals surface area (Å²) >= 11 is 0. The second-order valence-electron chi connectivity index (χ2n) is 6.88. The molecule has 0 spiro atoms. The van der Waals surface area contributed by atoms with Crippen molar-refractivity contribution in [2.75, 3.05) is 37.0 Å².